The Morgan fingerprint density at radius 3 is 2.56 bits per heavy atom. The lowest BCUT2D eigenvalue weighted by Crippen LogP contribution is -2.47. The molecule has 0 aliphatic rings. The molecule has 2 unspecified atom stereocenters. The van der Waals surface area contributed by atoms with Gasteiger partial charge in [0, 0.05) is 34.6 Å². The zero-order valence-electron chi connectivity index (χ0n) is 14.8. The molecule has 7 heteroatoms. The first-order chi connectivity index (χ1) is 13.0. The van der Waals surface area contributed by atoms with Crippen LogP contribution in [0.1, 0.15) is 24.0 Å². The van der Waals surface area contributed by atoms with Crippen LogP contribution in [0.25, 0.3) is 10.9 Å². The normalized spacial score (nSPS) is 13.1. The molecule has 6 nitrogen and oxygen atoms in total. The first-order valence-electron chi connectivity index (χ1n) is 8.61. The quantitative estimate of drug-likeness (QED) is 0.525. The first kappa shape index (κ1) is 18.8. The van der Waals surface area contributed by atoms with Gasteiger partial charge >= 0.3 is 6.03 Å². The fraction of sp³-hybridized carbons (Fsp3) is 0.200. The molecule has 1 aromatic heterocycles. The van der Waals surface area contributed by atoms with Crippen molar-refractivity contribution in [1.29, 1.82) is 0 Å². The van der Waals surface area contributed by atoms with Crippen molar-refractivity contribution in [2.75, 3.05) is 6.54 Å². The van der Waals surface area contributed by atoms with E-state index in [9.17, 15) is 9.59 Å². The molecule has 0 spiro atoms. The van der Waals surface area contributed by atoms with E-state index in [0.29, 0.717) is 11.6 Å². The lowest BCUT2D eigenvalue weighted by Gasteiger charge is -2.21. The molecule has 1 heterocycles. The van der Waals surface area contributed by atoms with Gasteiger partial charge in [-0.3, -0.25) is 4.79 Å². The number of benzene rings is 2. The largest absolute Gasteiger partial charge is 0.361 e. The van der Waals surface area contributed by atoms with Crippen LogP contribution in [-0.4, -0.2) is 29.5 Å². The molecule has 0 bridgehead atoms. The minimum absolute atomic E-state index is 0.153. The second kappa shape index (κ2) is 8.14. The summed E-state index contributed by atoms with van der Waals surface area (Å²) in [6, 6.07) is 14.1. The summed E-state index contributed by atoms with van der Waals surface area (Å²) in [7, 11) is 0. The molecular formula is C20H21ClN4O2. The lowest BCUT2D eigenvalue weighted by molar-refractivity contribution is -0.122. The monoisotopic (exact) mass is 384 g/mol. The number of hydrogen-bond donors (Lipinski definition) is 4. The first-order valence-corrected chi connectivity index (χ1v) is 8.99. The number of aromatic nitrogens is 1. The molecule has 0 saturated heterocycles. The van der Waals surface area contributed by atoms with Gasteiger partial charge in [0.2, 0.25) is 5.91 Å². The number of hydrogen-bond acceptors (Lipinski definition) is 2. The zero-order chi connectivity index (χ0) is 19.4. The third-order valence-corrected chi connectivity index (χ3v) is 4.85. The molecule has 3 amide bonds. The highest BCUT2D eigenvalue weighted by molar-refractivity contribution is 6.31. The van der Waals surface area contributed by atoms with Crippen molar-refractivity contribution in [1.82, 2.24) is 15.6 Å². The summed E-state index contributed by atoms with van der Waals surface area (Å²) in [6.45, 7) is 1.91. The number of amides is 3. The number of fused-ring (bicyclic) bond motifs is 1. The second-order valence-corrected chi connectivity index (χ2v) is 6.75. The van der Waals surface area contributed by atoms with Gasteiger partial charge < -0.3 is 21.4 Å². The number of halogens is 1. The lowest BCUT2D eigenvalue weighted by atomic mass is 9.90. The average molecular weight is 385 g/mol. The Hall–Kier alpha value is -2.99. The number of carbonyl (C=O) groups is 2. The standard InChI is InChI=1S/C20H21ClN4O2/c1-12(25-20(22)27)19(26)24-11-15(13-6-2-4-8-17(13)21)16-10-23-18-9-5-3-7-14(16)18/h2-10,12,15,23H,11H2,1H3,(H,24,26)(H3,22,25,27). The number of para-hydroxylation sites is 1. The predicted molar refractivity (Wildman–Crippen MR) is 107 cm³/mol. The van der Waals surface area contributed by atoms with Crippen molar-refractivity contribution < 1.29 is 9.59 Å². The van der Waals surface area contributed by atoms with E-state index in [2.05, 4.69) is 15.6 Å². The number of primary amides is 1. The van der Waals surface area contributed by atoms with E-state index in [4.69, 9.17) is 17.3 Å². The van der Waals surface area contributed by atoms with Gasteiger partial charge in [-0.25, -0.2) is 4.79 Å². The molecule has 5 N–H and O–H groups in total. The highest BCUT2D eigenvalue weighted by atomic mass is 35.5. The van der Waals surface area contributed by atoms with Gasteiger partial charge in [0.1, 0.15) is 6.04 Å². The van der Waals surface area contributed by atoms with Crippen LogP contribution in [0.15, 0.2) is 54.7 Å². The molecule has 3 aromatic rings. The van der Waals surface area contributed by atoms with Gasteiger partial charge in [-0.2, -0.15) is 0 Å². The summed E-state index contributed by atoms with van der Waals surface area (Å²) in [4.78, 5) is 26.5. The van der Waals surface area contributed by atoms with E-state index in [1.165, 1.54) is 0 Å². The van der Waals surface area contributed by atoms with Gasteiger partial charge in [-0.05, 0) is 30.2 Å². The molecule has 140 valence electrons. The summed E-state index contributed by atoms with van der Waals surface area (Å²) >= 11 is 6.44. The summed E-state index contributed by atoms with van der Waals surface area (Å²) in [5.41, 5.74) is 8.05. The topological polar surface area (TPSA) is 100 Å². The van der Waals surface area contributed by atoms with Gasteiger partial charge in [0.15, 0.2) is 0 Å². The molecule has 2 atom stereocenters. The van der Waals surface area contributed by atoms with Crippen molar-refractivity contribution in [3.63, 3.8) is 0 Å². The zero-order valence-corrected chi connectivity index (χ0v) is 15.6. The fourth-order valence-electron chi connectivity index (χ4n) is 3.16. The van der Waals surface area contributed by atoms with Crippen LogP contribution in [0.3, 0.4) is 0 Å². The van der Waals surface area contributed by atoms with Crippen LogP contribution in [0.5, 0.6) is 0 Å². The Morgan fingerprint density at radius 2 is 1.81 bits per heavy atom. The van der Waals surface area contributed by atoms with Crippen LogP contribution in [0, 0.1) is 0 Å². The number of urea groups is 1. The molecule has 27 heavy (non-hydrogen) atoms. The Kier molecular flexibility index (Phi) is 5.66. The van der Waals surface area contributed by atoms with Crippen molar-refractivity contribution in [2.45, 2.75) is 18.9 Å². The molecule has 0 aliphatic carbocycles. The van der Waals surface area contributed by atoms with E-state index in [-0.39, 0.29) is 11.8 Å². The van der Waals surface area contributed by atoms with Crippen LogP contribution >= 0.6 is 11.6 Å². The molecule has 0 aliphatic heterocycles. The van der Waals surface area contributed by atoms with E-state index in [0.717, 1.165) is 22.0 Å². The van der Waals surface area contributed by atoms with Gasteiger partial charge in [0.05, 0.1) is 0 Å². The highest BCUT2D eigenvalue weighted by Gasteiger charge is 2.22. The van der Waals surface area contributed by atoms with E-state index >= 15 is 0 Å². The maximum atomic E-state index is 12.3. The van der Waals surface area contributed by atoms with E-state index in [1.54, 1.807) is 6.92 Å². The third kappa shape index (κ3) is 4.23. The molecule has 2 aromatic carbocycles. The molecular weight excluding hydrogens is 364 g/mol. The minimum Gasteiger partial charge on any atom is -0.361 e. The minimum atomic E-state index is -0.739. The molecule has 0 radical (unpaired) electrons. The van der Waals surface area contributed by atoms with Gasteiger partial charge in [-0.15, -0.1) is 0 Å². The fourth-order valence-corrected chi connectivity index (χ4v) is 3.43. The SMILES string of the molecule is CC(NC(N)=O)C(=O)NCC(c1ccccc1Cl)c1c[nH]c2ccccc12. The molecule has 0 saturated carbocycles. The predicted octanol–water partition coefficient (Wildman–Crippen LogP) is 3.13. The van der Waals surface area contributed by atoms with Gasteiger partial charge in [-0.1, -0.05) is 48.0 Å². The van der Waals surface area contributed by atoms with Crippen molar-refractivity contribution in [2.24, 2.45) is 5.73 Å². The maximum Gasteiger partial charge on any atom is 0.312 e. The van der Waals surface area contributed by atoms with Crippen molar-refractivity contribution in [3.8, 4) is 0 Å². The third-order valence-electron chi connectivity index (χ3n) is 4.51. The van der Waals surface area contributed by atoms with Gasteiger partial charge in [0.25, 0.3) is 0 Å². The van der Waals surface area contributed by atoms with Crippen molar-refractivity contribution in [3.05, 3.63) is 70.9 Å². The summed E-state index contributed by atoms with van der Waals surface area (Å²) < 4.78 is 0. The average Bonchev–Trinajstić information content (AvgIpc) is 3.06. The Balaban J connectivity index is 1.91. The highest BCUT2D eigenvalue weighted by Crippen LogP contribution is 2.34. The molecule has 3 rings (SSSR count). The number of nitrogens with two attached hydrogens (primary N) is 1. The van der Waals surface area contributed by atoms with E-state index < -0.39 is 12.1 Å². The van der Waals surface area contributed by atoms with Crippen LogP contribution < -0.4 is 16.4 Å². The number of rotatable bonds is 6. The Labute approximate surface area is 162 Å². The second-order valence-electron chi connectivity index (χ2n) is 6.34. The summed E-state index contributed by atoms with van der Waals surface area (Å²) in [5, 5.41) is 6.96. The van der Waals surface area contributed by atoms with Crippen LogP contribution in [0.2, 0.25) is 5.02 Å². The van der Waals surface area contributed by atoms with Crippen molar-refractivity contribution >= 4 is 34.4 Å². The van der Waals surface area contributed by atoms with E-state index in [1.807, 2.05) is 54.7 Å². The number of carbonyl (C=O) groups excluding carboxylic acids is 2. The Morgan fingerprint density at radius 1 is 1.11 bits per heavy atom. The number of aromatic amines is 1. The maximum absolute atomic E-state index is 12.3. The summed E-state index contributed by atoms with van der Waals surface area (Å²) in [5.74, 6) is -0.467. The number of H-pyrrole nitrogens is 1. The van der Waals surface area contributed by atoms with Crippen LogP contribution in [-0.2, 0) is 4.79 Å². The smallest absolute Gasteiger partial charge is 0.312 e. The number of nitrogens with one attached hydrogen (secondary N) is 3. The Bertz CT molecular complexity index is 969. The van der Waals surface area contributed by atoms with Crippen LogP contribution in [0.4, 0.5) is 4.79 Å². The molecule has 0 fully saturated rings. The summed E-state index contributed by atoms with van der Waals surface area (Å²) in [6.07, 6.45) is 1.94.